The van der Waals surface area contributed by atoms with E-state index < -0.39 is 0 Å². The lowest BCUT2D eigenvalue weighted by atomic mass is 10.0. The van der Waals surface area contributed by atoms with Crippen molar-refractivity contribution < 1.29 is 4.79 Å². The molecule has 1 amide bonds. The molecule has 1 saturated heterocycles. The number of anilines is 1. The van der Waals surface area contributed by atoms with Crippen molar-refractivity contribution in [3.8, 4) is 0 Å². The van der Waals surface area contributed by atoms with Crippen molar-refractivity contribution in [2.45, 2.75) is 72.6 Å². The number of aryl methyl sites for hydroxylation is 4. The standard InChI is InChI=1S/C32H42N4O/c1-5-6-7-8-10-27-15-17-29(18-16-27)32(37)36-20-9-19-35(21-22-36)31-30(25(3)33-26(4)34-31)23-28-13-11-24(2)12-14-28/h11-18H,5-10,19-23H2,1-4H3. The maximum absolute atomic E-state index is 13.3. The van der Waals surface area contributed by atoms with Gasteiger partial charge in [-0.3, -0.25) is 4.79 Å². The highest BCUT2D eigenvalue weighted by Gasteiger charge is 2.23. The van der Waals surface area contributed by atoms with E-state index in [0.29, 0.717) is 6.54 Å². The van der Waals surface area contributed by atoms with E-state index in [4.69, 9.17) is 4.98 Å². The van der Waals surface area contributed by atoms with Gasteiger partial charge in [-0.1, -0.05) is 68.1 Å². The smallest absolute Gasteiger partial charge is 0.253 e. The van der Waals surface area contributed by atoms with E-state index in [9.17, 15) is 4.79 Å². The Hall–Kier alpha value is -3.21. The number of nitrogens with zero attached hydrogens (tertiary/aromatic N) is 4. The number of benzene rings is 2. The molecule has 37 heavy (non-hydrogen) atoms. The molecular formula is C32H42N4O. The minimum atomic E-state index is 0.134. The maximum atomic E-state index is 13.3. The fraction of sp³-hybridized carbons (Fsp3) is 0.469. The highest BCUT2D eigenvalue weighted by Crippen LogP contribution is 2.26. The fourth-order valence-corrected chi connectivity index (χ4v) is 5.18. The van der Waals surface area contributed by atoms with Crippen molar-refractivity contribution in [2.75, 3.05) is 31.1 Å². The Bertz CT molecular complexity index is 1170. The molecule has 5 nitrogen and oxygen atoms in total. The van der Waals surface area contributed by atoms with Crippen LogP contribution in [0.2, 0.25) is 0 Å². The summed E-state index contributed by atoms with van der Waals surface area (Å²) in [7, 11) is 0. The number of carbonyl (C=O) groups excluding carboxylic acids is 1. The monoisotopic (exact) mass is 498 g/mol. The van der Waals surface area contributed by atoms with Crippen molar-refractivity contribution in [3.63, 3.8) is 0 Å². The first-order valence-electron chi connectivity index (χ1n) is 14.0. The molecule has 3 aromatic rings. The molecule has 0 aliphatic carbocycles. The Kier molecular flexibility index (Phi) is 9.32. The molecule has 196 valence electrons. The van der Waals surface area contributed by atoms with E-state index >= 15 is 0 Å². The van der Waals surface area contributed by atoms with Crippen LogP contribution in [0, 0.1) is 20.8 Å². The molecule has 2 heterocycles. The van der Waals surface area contributed by atoms with E-state index in [-0.39, 0.29) is 5.91 Å². The van der Waals surface area contributed by atoms with Gasteiger partial charge in [0.15, 0.2) is 0 Å². The Morgan fingerprint density at radius 2 is 1.54 bits per heavy atom. The zero-order valence-electron chi connectivity index (χ0n) is 23.1. The predicted molar refractivity (Wildman–Crippen MR) is 153 cm³/mol. The van der Waals surface area contributed by atoms with Crippen molar-refractivity contribution in [2.24, 2.45) is 0 Å². The highest BCUT2D eigenvalue weighted by atomic mass is 16.2. The largest absolute Gasteiger partial charge is 0.354 e. The summed E-state index contributed by atoms with van der Waals surface area (Å²) in [6.07, 6.45) is 7.88. The van der Waals surface area contributed by atoms with Crippen LogP contribution in [-0.2, 0) is 12.8 Å². The van der Waals surface area contributed by atoms with Crippen LogP contribution in [0.1, 0.15) is 83.2 Å². The summed E-state index contributed by atoms with van der Waals surface area (Å²) in [4.78, 5) is 27.3. The number of unbranched alkanes of at least 4 members (excludes halogenated alkanes) is 3. The van der Waals surface area contributed by atoms with E-state index in [1.165, 1.54) is 47.9 Å². The van der Waals surface area contributed by atoms with Gasteiger partial charge in [0.25, 0.3) is 5.91 Å². The lowest BCUT2D eigenvalue weighted by Crippen LogP contribution is -2.35. The Morgan fingerprint density at radius 1 is 0.811 bits per heavy atom. The predicted octanol–water partition coefficient (Wildman–Crippen LogP) is 6.47. The molecule has 1 aromatic heterocycles. The SMILES string of the molecule is CCCCCCc1ccc(C(=O)N2CCCN(c3nc(C)nc(C)c3Cc3ccc(C)cc3)CC2)cc1. The lowest BCUT2D eigenvalue weighted by Gasteiger charge is -2.26. The molecule has 1 aliphatic heterocycles. The Morgan fingerprint density at radius 3 is 2.27 bits per heavy atom. The maximum Gasteiger partial charge on any atom is 0.253 e. The summed E-state index contributed by atoms with van der Waals surface area (Å²) < 4.78 is 0. The first-order chi connectivity index (χ1) is 17.9. The third kappa shape index (κ3) is 7.18. The molecule has 0 atom stereocenters. The molecule has 0 saturated carbocycles. The van der Waals surface area contributed by atoms with Gasteiger partial charge in [-0.05, 0) is 63.3 Å². The van der Waals surface area contributed by atoms with Crippen LogP contribution in [0.5, 0.6) is 0 Å². The second kappa shape index (κ2) is 12.8. The van der Waals surface area contributed by atoms with Crippen LogP contribution in [-0.4, -0.2) is 47.0 Å². The lowest BCUT2D eigenvalue weighted by molar-refractivity contribution is 0.0767. The highest BCUT2D eigenvalue weighted by molar-refractivity contribution is 5.94. The topological polar surface area (TPSA) is 49.3 Å². The Labute approximate surface area is 222 Å². The summed E-state index contributed by atoms with van der Waals surface area (Å²) >= 11 is 0. The number of carbonyl (C=O) groups is 1. The van der Waals surface area contributed by atoms with E-state index in [1.807, 2.05) is 24.0 Å². The fourth-order valence-electron chi connectivity index (χ4n) is 5.18. The van der Waals surface area contributed by atoms with Gasteiger partial charge in [-0.25, -0.2) is 9.97 Å². The third-order valence-electron chi connectivity index (χ3n) is 7.41. The molecule has 1 fully saturated rings. The normalized spacial score (nSPS) is 14.1. The first-order valence-corrected chi connectivity index (χ1v) is 14.0. The zero-order chi connectivity index (χ0) is 26.2. The van der Waals surface area contributed by atoms with Crippen molar-refractivity contribution in [1.29, 1.82) is 0 Å². The number of amides is 1. The van der Waals surface area contributed by atoms with E-state index in [2.05, 4.69) is 67.1 Å². The summed E-state index contributed by atoms with van der Waals surface area (Å²) in [5.41, 5.74) is 6.87. The third-order valence-corrected chi connectivity index (χ3v) is 7.41. The molecular weight excluding hydrogens is 456 g/mol. The quantitative estimate of drug-likeness (QED) is 0.317. The van der Waals surface area contributed by atoms with Gasteiger partial charge in [0, 0.05) is 49.4 Å². The molecule has 2 aromatic carbocycles. The molecule has 0 N–H and O–H groups in total. The first kappa shape index (κ1) is 26.8. The summed E-state index contributed by atoms with van der Waals surface area (Å²) in [5, 5.41) is 0. The van der Waals surface area contributed by atoms with Crippen LogP contribution in [0.15, 0.2) is 48.5 Å². The molecule has 4 rings (SSSR count). The number of hydrogen-bond acceptors (Lipinski definition) is 4. The zero-order valence-corrected chi connectivity index (χ0v) is 23.1. The van der Waals surface area contributed by atoms with Crippen molar-refractivity contribution in [1.82, 2.24) is 14.9 Å². The van der Waals surface area contributed by atoms with Crippen LogP contribution < -0.4 is 4.90 Å². The van der Waals surface area contributed by atoms with E-state index in [1.54, 1.807) is 0 Å². The van der Waals surface area contributed by atoms with Crippen LogP contribution in [0.25, 0.3) is 0 Å². The van der Waals surface area contributed by atoms with Gasteiger partial charge in [0.1, 0.15) is 11.6 Å². The number of aromatic nitrogens is 2. The van der Waals surface area contributed by atoms with Crippen LogP contribution >= 0.6 is 0 Å². The summed E-state index contributed by atoms with van der Waals surface area (Å²) in [5.74, 6) is 1.95. The van der Waals surface area contributed by atoms with Crippen LogP contribution in [0.4, 0.5) is 5.82 Å². The van der Waals surface area contributed by atoms with E-state index in [0.717, 1.165) is 61.8 Å². The Balaban J connectivity index is 1.43. The number of rotatable bonds is 9. The minimum absolute atomic E-state index is 0.134. The van der Waals surface area contributed by atoms with Gasteiger partial charge in [-0.2, -0.15) is 0 Å². The molecule has 0 radical (unpaired) electrons. The van der Waals surface area contributed by atoms with Gasteiger partial charge < -0.3 is 9.80 Å². The molecule has 0 unspecified atom stereocenters. The molecule has 5 heteroatoms. The molecule has 0 spiro atoms. The van der Waals surface area contributed by atoms with Crippen LogP contribution in [0.3, 0.4) is 0 Å². The molecule has 1 aliphatic rings. The summed E-state index contributed by atoms with van der Waals surface area (Å²) in [6, 6.07) is 17.0. The van der Waals surface area contributed by atoms with Gasteiger partial charge >= 0.3 is 0 Å². The van der Waals surface area contributed by atoms with Crippen molar-refractivity contribution >= 4 is 11.7 Å². The average Bonchev–Trinajstić information content (AvgIpc) is 3.15. The second-order valence-electron chi connectivity index (χ2n) is 10.5. The molecule has 0 bridgehead atoms. The minimum Gasteiger partial charge on any atom is -0.354 e. The van der Waals surface area contributed by atoms with Gasteiger partial charge in [0.05, 0.1) is 0 Å². The second-order valence-corrected chi connectivity index (χ2v) is 10.5. The van der Waals surface area contributed by atoms with Gasteiger partial charge in [-0.15, -0.1) is 0 Å². The summed E-state index contributed by atoms with van der Waals surface area (Å²) in [6.45, 7) is 11.5. The van der Waals surface area contributed by atoms with Crippen molar-refractivity contribution in [3.05, 3.63) is 87.9 Å². The average molecular weight is 499 g/mol. The number of hydrogen-bond donors (Lipinski definition) is 0. The van der Waals surface area contributed by atoms with Gasteiger partial charge in [0.2, 0.25) is 0 Å².